The Labute approximate surface area is 88.9 Å². The first-order valence-corrected chi connectivity index (χ1v) is 4.68. The van der Waals surface area contributed by atoms with Crippen LogP contribution in [-0.4, -0.2) is 12.0 Å². The second kappa shape index (κ2) is 5.06. The van der Waals surface area contributed by atoms with Crippen molar-refractivity contribution in [3.8, 4) is 6.07 Å². The van der Waals surface area contributed by atoms with Gasteiger partial charge in [0, 0.05) is 18.2 Å². The average Bonchev–Trinajstić information content (AvgIpc) is 2.26. The molecule has 3 heteroatoms. The molecule has 0 heterocycles. The summed E-state index contributed by atoms with van der Waals surface area (Å²) in [6.07, 6.45) is 1.10. The highest BCUT2D eigenvalue weighted by Gasteiger charge is 2.13. The normalized spacial score (nSPS) is 11.5. The topological polar surface area (TPSA) is 64.7 Å². The Morgan fingerprint density at radius 1 is 1.60 bits per heavy atom. The van der Waals surface area contributed by atoms with E-state index in [4.69, 9.17) is 10.7 Å². The Hall–Kier alpha value is -1.95. The molecule has 76 valence electrons. The summed E-state index contributed by atoms with van der Waals surface area (Å²) in [5.41, 5.74) is 1.55. The number of hydrogen-bond donors (Lipinski definition) is 1. The number of carbonyl (C=O) groups excluding carboxylic acids is 1. The Kier molecular flexibility index (Phi) is 3.75. The Morgan fingerprint density at radius 2 is 2.27 bits per heavy atom. The lowest BCUT2D eigenvalue weighted by molar-refractivity contribution is 0.0977. The molecule has 0 bridgehead atoms. The predicted octanol–water partition coefficient (Wildman–Crippen LogP) is 2.36. The molecule has 3 nitrogen and oxygen atoms in total. The molecule has 0 saturated carbocycles. The van der Waals surface area contributed by atoms with Gasteiger partial charge < -0.3 is 5.41 Å². The molecule has 0 aromatic heterocycles. The molecule has 1 aromatic rings. The molecule has 1 atom stereocenters. The van der Waals surface area contributed by atoms with Gasteiger partial charge in [-0.25, -0.2) is 0 Å². The second-order valence-corrected chi connectivity index (χ2v) is 3.34. The van der Waals surface area contributed by atoms with Gasteiger partial charge in [0.2, 0.25) is 0 Å². The summed E-state index contributed by atoms with van der Waals surface area (Å²) in [7, 11) is 0. The Bertz CT molecular complexity index is 418. The minimum Gasteiger partial charge on any atom is -0.312 e. The second-order valence-electron chi connectivity index (χ2n) is 3.34. The smallest absolute Gasteiger partial charge is 0.164 e. The lowest BCUT2D eigenvalue weighted by Gasteiger charge is -2.05. The van der Waals surface area contributed by atoms with Gasteiger partial charge in [0.05, 0.1) is 12.0 Å². The van der Waals surface area contributed by atoms with E-state index in [1.165, 1.54) is 0 Å². The van der Waals surface area contributed by atoms with Crippen molar-refractivity contribution in [1.82, 2.24) is 0 Å². The van der Waals surface area contributed by atoms with Crippen molar-refractivity contribution in [3.63, 3.8) is 0 Å². The molecule has 0 fully saturated rings. The van der Waals surface area contributed by atoms with Crippen molar-refractivity contribution >= 4 is 12.0 Å². The van der Waals surface area contributed by atoms with Gasteiger partial charge in [-0.15, -0.1) is 0 Å². The minimum atomic E-state index is -0.614. The monoisotopic (exact) mass is 200 g/mol. The standard InChI is InChI=1S/C12H12N2O/c1-9-4-2-3-5-11(9)12(15)6-10(7-13)8-14/h2-5,7,10,13H,6H2,1H3. The fourth-order valence-electron chi connectivity index (χ4n) is 1.34. The third-order valence-corrected chi connectivity index (χ3v) is 2.22. The summed E-state index contributed by atoms with van der Waals surface area (Å²) < 4.78 is 0. The summed E-state index contributed by atoms with van der Waals surface area (Å²) in [6, 6.07) is 9.18. The average molecular weight is 200 g/mol. The van der Waals surface area contributed by atoms with Crippen molar-refractivity contribution in [2.24, 2.45) is 5.92 Å². The van der Waals surface area contributed by atoms with Crippen molar-refractivity contribution < 1.29 is 4.79 Å². The van der Waals surface area contributed by atoms with Crippen LogP contribution < -0.4 is 0 Å². The summed E-state index contributed by atoms with van der Waals surface area (Å²) in [4.78, 5) is 11.7. The van der Waals surface area contributed by atoms with E-state index >= 15 is 0 Å². The highest BCUT2D eigenvalue weighted by Crippen LogP contribution is 2.12. The van der Waals surface area contributed by atoms with Crippen LogP contribution in [-0.2, 0) is 0 Å². The van der Waals surface area contributed by atoms with Crippen LogP contribution in [0.15, 0.2) is 24.3 Å². The van der Waals surface area contributed by atoms with Crippen molar-refractivity contribution in [1.29, 1.82) is 10.7 Å². The molecule has 0 amide bonds. The Balaban J connectivity index is 2.83. The van der Waals surface area contributed by atoms with Gasteiger partial charge >= 0.3 is 0 Å². The molecule has 0 radical (unpaired) electrons. The number of hydrogen-bond acceptors (Lipinski definition) is 3. The maximum Gasteiger partial charge on any atom is 0.164 e. The number of Topliss-reactive ketones (excluding diaryl/α,β-unsaturated/α-hetero) is 1. The number of nitrogens with zero attached hydrogens (tertiary/aromatic N) is 1. The van der Waals surface area contributed by atoms with Gasteiger partial charge in [-0.2, -0.15) is 5.26 Å². The van der Waals surface area contributed by atoms with Crippen molar-refractivity contribution in [2.45, 2.75) is 13.3 Å². The van der Waals surface area contributed by atoms with Crippen LogP contribution in [0.4, 0.5) is 0 Å². The summed E-state index contributed by atoms with van der Waals surface area (Å²) in [5, 5.41) is 15.6. The van der Waals surface area contributed by atoms with Gasteiger partial charge in [0.15, 0.2) is 5.78 Å². The number of ketones is 1. The lowest BCUT2D eigenvalue weighted by Crippen LogP contribution is -2.09. The Morgan fingerprint density at radius 3 is 2.80 bits per heavy atom. The van der Waals surface area contributed by atoms with E-state index in [0.29, 0.717) is 5.56 Å². The van der Waals surface area contributed by atoms with E-state index in [0.717, 1.165) is 11.8 Å². The van der Waals surface area contributed by atoms with Gasteiger partial charge in [-0.1, -0.05) is 24.3 Å². The zero-order chi connectivity index (χ0) is 11.3. The number of carbonyl (C=O) groups is 1. The number of nitriles is 1. The number of nitrogens with one attached hydrogen (secondary N) is 1. The quantitative estimate of drug-likeness (QED) is 0.599. The van der Waals surface area contributed by atoms with Crippen molar-refractivity contribution in [2.75, 3.05) is 0 Å². The molecule has 1 unspecified atom stereocenters. The molecule has 0 spiro atoms. The van der Waals surface area contributed by atoms with Gasteiger partial charge in [-0.05, 0) is 12.5 Å². The summed E-state index contributed by atoms with van der Waals surface area (Å²) in [5.74, 6) is -0.694. The third-order valence-electron chi connectivity index (χ3n) is 2.22. The molecule has 1 aromatic carbocycles. The van der Waals surface area contributed by atoms with E-state index in [2.05, 4.69) is 0 Å². The highest BCUT2D eigenvalue weighted by molar-refractivity contribution is 5.98. The van der Waals surface area contributed by atoms with Gasteiger partial charge in [0.25, 0.3) is 0 Å². The van der Waals surface area contributed by atoms with E-state index in [-0.39, 0.29) is 12.2 Å². The zero-order valence-corrected chi connectivity index (χ0v) is 8.53. The molecule has 1 rings (SSSR count). The molecule has 0 saturated heterocycles. The van der Waals surface area contributed by atoms with Crippen LogP contribution in [0.3, 0.4) is 0 Å². The summed E-state index contributed by atoms with van der Waals surface area (Å²) in [6.45, 7) is 1.86. The molecule has 0 aliphatic heterocycles. The molecular formula is C12H12N2O. The number of benzene rings is 1. The molecule has 15 heavy (non-hydrogen) atoms. The lowest BCUT2D eigenvalue weighted by atomic mass is 9.97. The maximum absolute atomic E-state index is 11.7. The van der Waals surface area contributed by atoms with Gasteiger partial charge in [-0.3, -0.25) is 4.79 Å². The fraction of sp³-hybridized carbons (Fsp3) is 0.250. The van der Waals surface area contributed by atoms with Crippen LogP contribution >= 0.6 is 0 Å². The van der Waals surface area contributed by atoms with E-state index in [1.54, 1.807) is 12.1 Å². The van der Waals surface area contributed by atoms with Crippen molar-refractivity contribution in [3.05, 3.63) is 35.4 Å². The predicted molar refractivity (Wildman–Crippen MR) is 58.0 cm³/mol. The molecular weight excluding hydrogens is 188 g/mol. The fourth-order valence-corrected chi connectivity index (χ4v) is 1.34. The third kappa shape index (κ3) is 2.75. The van der Waals surface area contributed by atoms with Crippen LogP contribution in [0.25, 0.3) is 0 Å². The summed E-state index contributed by atoms with van der Waals surface area (Å²) >= 11 is 0. The number of rotatable bonds is 4. The largest absolute Gasteiger partial charge is 0.312 e. The van der Waals surface area contributed by atoms with E-state index in [9.17, 15) is 4.79 Å². The first-order chi connectivity index (χ1) is 7.19. The minimum absolute atomic E-state index is 0.0804. The van der Waals surface area contributed by atoms with Crippen LogP contribution in [0.1, 0.15) is 22.3 Å². The van der Waals surface area contributed by atoms with E-state index in [1.807, 2.05) is 25.1 Å². The molecule has 0 aliphatic carbocycles. The molecule has 0 aliphatic rings. The van der Waals surface area contributed by atoms with Crippen LogP contribution in [0, 0.1) is 29.6 Å². The van der Waals surface area contributed by atoms with Crippen LogP contribution in [0.2, 0.25) is 0 Å². The zero-order valence-electron chi connectivity index (χ0n) is 8.53. The van der Waals surface area contributed by atoms with Gasteiger partial charge in [0.1, 0.15) is 0 Å². The number of aryl methyl sites for hydroxylation is 1. The van der Waals surface area contributed by atoms with E-state index < -0.39 is 5.92 Å². The molecule has 1 N–H and O–H groups in total. The maximum atomic E-state index is 11.7. The first-order valence-electron chi connectivity index (χ1n) is 4.68. The first kappa shape index (κ1) is 11.1. The SMILES string of the molecule is Cc1ccccc1C(=O)CC(C#N)C=N. The van der Waals surface area contributed by atoms with Crippen LogP contribution in [0.5, 0.6) is 0 Å². The highest BCUT2D eigenvalue weighted by atomic mass is 16.1.